The Kier molecular flexibility index (Phi) is 7.16. The Morgan fingerprint density at radius 3 is 2.64 bits per heavy atom. The zero-order chi connectivity index (χ0) is 15.8. The molecule has 0 bridgehead atoms. The van der Waals surface area contributed by atoms with Gasteiger partial charge in [-0.15, -0.1) is 0 Å². The average Bonchev–Trinajstić information content (AvgIpc) is 3.02. The van der Waals surface area contributed by atoms with E-state index in [-0.39, 0.29) is 23.8 Å². The Morgan fingerprint density at radius 2 is 1.95 bits per heavy atom. The minimum absolute atomic E-state index is 0.0444. The maximum atomic E-state index is 12.0. The molecule has 1 heterocycles. The quantitative estimate of drug-likeness (QED) is 0.669. The molecule has 2 rings (SSSR count). The first-order chi connectivity index (χ1) is 10.6. The highest BCUT2D eigenvalue weighted by atomic mass is 16.2. The summed E-state index contributed by atoms with van der Waals surface area (Å²) in [7, 11) is 0. The molecular formula is C17H31N3O2. The molecule has 0 aromatic heterocycles. The molecule has 2 unspecified atom stereocenters. The van der Waals surface area contributed by atoms with Crippen molar-refractivity contribution < 1.29 is 9.59 Å². The summed E-state index contributed by atoms with van der Waals surface area (Å²) >= 11 is 0. The summed E-state index contributed by atoms with van der Waals surface area (Å²) in [5.41, 5.74) is 0. The fraction of sp³-hybridized carbons (Fsp3) is 0.882. The van der Waals surface area contributed by atoms with Crippen molar-refractivity contribution >= 4 is 11.8 Å². The standard InChI is InChI=1S/C17H31N3O2/c1-13(20-17(22)15-6-2-3-7-15)11-16(21)19-10-8-14-5-4-9-18-12-14/h13-15,18H,2-12H2,1H3,(H,19,21)(H,20,22). The molecular weight excluding hydrogens is 278 g/mol. The molecule has 3 N–H and O–H groups in total. The molecule has 0 aromatic carbocycles. The van der Waals surface area contributed by atoms with E-state index in [4.69, 9.17) is 0 Å². The van der Waals surface area contributed by atoms with Gasteiger partial charge in [0.25, 0.3) is 0 Å². The number of carbonyl (C=O) groups excluding carboxylic acids is 2. The van der Waals surface area contributed by atoms with E-state index >= 15 is 0 Å². The third-order valence-electron chi connectivity index (χ3n) is 4.88. The number of hydrogen-bond donors (Lipinski definition) is 3. The van der Waals surface area contributed by atoms with Crippen LogP contribution in [-0.4, -0.2) is 37.5 Å². The van der Waals surface area contributed by atoms with Gasteiger partial charge in [0.05, 0.1) is 0 Å². The second kappa shape index (κ2) is 9.13. The lowest BCUT2D eigenvalue weighted by Gasteiger charge is -2.22. The lowest BCUT2D eigenvalue weighted by atomic mass is 9.96. The second-order valence-corrected chi connectivity index (χ2v) is 6.95. The van der Waals surface area contributed by atoms with Gasteiger partial charge in [-0.05, 0) is 58.0 Å². The second-order valence-electron chi connectivity index (χ2n) is 6.95. The number of amides is 2. The zero-order valence-corrected chi connectivity index (χ0v) is 13.8. The van der Waals surface area contributed by atoms with Gasteiger partial charge in [-0.1, -0.05) is 12.8 Å². The molecule has 22 heavy (non-hydrogen) atoms. The molecule has 2 fully saturated rings. The summed E-state index contributed by atoms with van der Waals surface area (Å²) in [5, 5.41) is 9.36. The van der Waals surface area contributed by atoms with E-state index in [1.807, 2.05) is 6.92 Å². The van der Waals surface area contributed by atoms with Crippen molar-refractivity contribution in [3.05, 3.63) is 0 Å². The third-order valence-corrected chi connectivity index (χ3v) is 4.88. The number of nitrogens with one attached hydrogen (secondary N) is 3. The molecule has 0 spiro atoms. The van der Waals surface area contributed by atoms with Crippen LogP contribution in [0.25, 0.3) is 0 Å². The fourth-order valence-electron chi connectivity index (χ4n) is 3.54. The van der Waals surface area contributed by atoms with Crippen molar-refractivity contribution in [2.24, 2.45) is 11.8 Å². The summed E-state index contributed by atoms with van der Waals surface area (Å²) < 4.78 is 0. The summed E-state index contributed by atoms with van der Waals surface area (Å²) in [4.78, 5) is 23.9. The van der Waals surface area contributed by atoms with Gasteiger partial charge in [-0.3, -0.25) is 9.59 Å². The van der Waals surface area contributed by atoms with Crippen molar-refractivity contribution in [2.75, 3.05) is 19.6 Å². The van der Waals surface area contributed by atoms with E-state index < -0.39 is 0 Å². The van der Waals surface area contributed by atoms with Gasteiger partial charge in [0.1, 0.15) is 0 Å². The van der Waals surface area contributed by atoms with Gasteiger partial charge >= 0.3 is 0 Å². The molecule has 0 aromatic rings. The minimum atomic E-state index is -0.0792. The molecule has 1 aliphatic carbocycles. The van der Waals surface area contributed by atoms with Gasteiger partial charge in [0.2, 0.25) is 11.8 Å². The van der Waals surface area contributed by atoms with Crippen molar-refractivity contribution in [2.45, 2.75) is 64.3 Å². The molecule has 1 saturated heterocycles. The average molecular weight is 309 g/mol. The largest absolute Gasteiger partial charge is 0.356 e. The van der Waals surface area contributed by atoms with Gasteiger partial charge in [0.15, 0.2) is 0 Å². The van der Waals surface area contributed by atoms with Crippen LogP contribution in [0.15, 0.2) is 0 Å². The molecule has 126 valence electrons. The van der Waals surface area contributed by atoms with Crippen LogP contribution in [-0.2, 0) is 9.59 Å². The summed E-state index contributed by atoms with van der Waals surface area (Å²) in [6.07, 6.45) is 8.23. The van der Waals surface area contributed by atoms with E-state index in [9.17, 15) is 9.59 Å². The van der Waals surface area contributed by atoms with E-state index in [1.54, 1.807) is 0 Å². The van der Waals surface area contributed by atoms with Crippen molar-refractivity contribution in [1.82, 2.24) is 16.0 Å². The Labute approximate surface area is 134 Å². The highest BCUT2D eigenvalue weighted by Gasteiger charge is 2.24. The molecule has 2 atom stereocenters. The van der Waals surface area contributed by atoms with Crippen LogP contribution >= 0.6 is 0 Å². The van der Waals surface area contributed by atoms with E-state index in [2.05, 4.69) is 16.0 Å². The van der Waals surface area contributed by atoms with Crippen LogP contribution in [0.2, 0.25) is 0 Å². The summed E-state index contributed by atoms with van der Waals surface area (Å²) in [6, 6.07) is -0.0792. The topological polar surface area (TPSA) is 70.2 Å². The predicted octanol–water partition coefficient (Wildman–Crippen LogP) is 1.58. The lowest BCUT2D eigenvalue weighted by Crippen LogP contribution is -2.40. The van der Waals surface area contributed by atoms with Gasteiger partial charge < -0.3 is 16.0 Å². The van der Waals surface area contributed by atoms with Crippen LogP contribution in [0.5, 0.6) is 0 Å². The molecule has 5 nitrogen and oxygen atoms in total. The Hall–Kier alpha value is -1.10. The van der Waals surface area contributed by atoms with Crippen LogP contribution < -0.4 is 16.0 Å². The fourth-order valence-corrected chi connectivity index (χ4v) is 3.54. The van der Waals surface area contributed by atoms with Crippen molar-refractivity contribution in [1.29, 1.82) is 0 Å². The monoisotopic (exact) mass is 309 g/mol. The number of carbonyl (C=O) groups is 2. The minimum Gasteiger partial charge on any atom is -0.356 e. The van der Waals surface area contributed by atoms with E-state index in [0.717, 1.165) is 51.7 Å². The molecule has 1 saturated carbocycles. The first-order valence-corrected chi connectivity index (χ1v) is 8.93. The van der Waals surface area contributed by atoms with Crippen LogP contribution in [0.3, 0.4) is 0 Å². The molecule has 5 heteroatoms. The Balaban J connectivity index is 1.56. The molecule has 0 radical (unpaired) electrons. The Bertz CT molecular complexity index is 361. The highest BCUT2D eigenvalue weighted by molar-refractivity contribution is 5.81. The molecule has 2 amide bonds. The number of rotatable bonds is 7. The zero-order valence-electron chi connectivity index (χ0n) is 13.8. The van der Waals surface area contributed by atoms with Gasteiger partial charge in [-0.2, -0.15) is 0 Å². The lowest BCUT2D eigenvalue weighted by molar-refractivity contribution is -0.126. The van der Waals surface area contributed by atoms with Gasteiger partial charge in [-0.25, -0.2) is 0 Å². The Morgan fingerprint density at radius 1 is 1.18 bits per heavy atom. The van der Waals surface area contributed by atoms with Crippen LogP contribution in [0.4, 0.5) is 0 Å². The summed E-state index contributed by atoms with van der Waals surface area (Å²) in [5.74, 6) is 1.03. The van der Waals surface area contributed by atoms with Crippen molar-refractivity contribution in [3.8, 4) is 0 Å². The number of hydrogen-bond acceptors (Lipinski definition) is 3. The smallest absolute Gasteiger partial charge is 0.223 e. The first-order valence-electron chi connectivity index (χ1n) is 8.93. The third kappa shape index (κ3) is 5.95. The van der Waals surface area contributed by atoms with E-state index in [0.29, 0.717) is 12.3 Å². The number of piperidine rings is 1. The highest BCUT2D eigenvalue weighted by Crippen LogP contribution is 2.24. The maximum absolute atomic E-state index is 12.0. The molecule has 2 aliphatic rings. The first kappa shape index (κ1) is 17.3. The van der Waals surface area contributed by atoms with Crippen LogP contribution in [0, 0.1) is 11.8 Å². The maximum Gasteiger partial charge on any atom is 0.223 e. The molecule has 1 aliphatic heterocycles. The normalized spacial score (nSPS) is 24.0. The SMILES string of the molecule is CC(CC(=O)NCCC1CCCNC1)NC(=O)C1CCCC1. The van der Waals surface area contributed by atoms with Gasteiger partial charge in [0, 0.05) is 24.9 Å². The predicted molar refractivity (Wildman–Crippen MR) is 87.4 cm³/mol. The van der Waals surface area contributed by atoms with E-state index in [1.165, 1.54) is 12.8 Å². The van der Waals surface area contributed by atoms with Crippen LogP contribution in [0.1, 0.15) is 58.3 Å². The van der Waals surface area contributed by atoms with Crippen molar-refractivity contribution in [3.63, 3.8) is 0 Å². The summed E-state index contributed by atoms with van der Waals surface area (Å²) in [6.45, 7) is 4.86.